The summed E-state index contributed by atoms with van der Waals surface area (Å²) in [5.41, 5.74) is 0. The third kappa shape index (κ3) is 3.56. The fraction of sp³-hybridized carbons (Fsp3) is 0.733. The minimum atomic E-state index is -0.116. The van der Waals surface area contributed by atoms with Gasteiger partial charge in [0, 0.05) is 23.9 Å². The van der Waals surface area contributed by atoms with Gasteiger partial charge in [0.2, 0.25) is 0 Å². The molecule has 1 N–H and O–H groups in total. The third-order valence-electron chi connectivity index (χ3n) is 4.17. The van der Waals surface area contributed by atoms with E-state index in [2.05, 4.69) is 43.3 Å². The summed E-state index contributed by atoms with van der Waals surface area (Å²) in [7, 11) is 2.16. The van der Waals surface area contributed by atoms with Crippen molar-refractivity contribution in [3.8, 4) is 0 Å². The summed E-state index contributed by atoms with van der Waals surface area (Å²) in [6.45, 7) is 6.56. The standard InChI is InChI=1S/C15H25NOS/c1-11-7-12(2)14(15(17)8-11)10-16(3)9-13-5-4-6-18-13/h4-6,11-12,14-15,17H,7-10H2,1-3H3. The van der Waals surface area contributed by atoms with Crippen molar-refractivity contribution in [3.63, 3.8) is 0 Å². The Labute approximate surface area is 115 Å². The lowest BCUT2D eigenvalue weighted by molar-refractivity contribution is 0.000714. The second kappa shape index (κ2) is 6.18. The minimum absolute atomic E-state index is 0.116. The van der Waals surface area contributed by atoms with Gasteiger partial charge in [-0.05, 0) is 43.2 Å². The Bertz CT molecular complexity index is 339. The molecule has 0 bridgehead atoms. The Balaban J connectivity index is 1.87. The van der Waals surface area contributed by atoms with Crippen LogP contribution in [0.15, 0.2) is 17.5 Å². The highest BCUT2D eigenvalue weighted by Crippen LogP contribution is 2.34. The summed E-state index contributed by atoms with van der Waals surface area (Å²) in [5, 5.41) is 12.4. The van der Waals surface area contributed by atoms with Gasteiger partial charge in [-0.25, -0.2) is 0 Å². The van der Waals surface area contributed by atoms with Gasteiger partial charge in [-0.1, -0.05) is 19.9 Å². The van der Waals surface area contributed by atoms with Crippen LogP contribution < -0.4 is 0 Å². The molecule has 0 amide bonds. The molecule has 1 aliphatic rings. The van der Waals surface area contributed by atoms with Crippen molar-refractivity contribution in [2.24, 2.45) is 17.8 Å². The van der Waals surface area contributed by atoms with Gasteiger partial charge in [0.1, 0.15) is 0 Å². The van der Waals surface area contributed by atoms with Gasteiger partial charge in [-0.15, -0.1) is 11.3 Å². The van der Waals surface area contributed by atoms with Crippen molar-refractivity contribution in [2.75, 3.05) is 13.6 Å². The molecule has 0 saturated heterocycles. The second-order valence-corrected chi connectivity index (χ2v) is 7.09. The predicted octanol–water partition coefficient (Wildman–Crippen LogP) is 3.22. The molecule has 18 heavy (non-hydrogen) atoms. The Morgan fingerprint density at radius 2 is 2.17 bits per heavy atom. The molecule has 0 aromatic carbocycles. The number of thiophene rings is 1. The number of nitrogens with zero attached hydrogens (tertiary/aromatic N) is 1. The number of hydrogen-bond acceptors (Lipinski definition) is 3. The number of aliphatic hydroxyl groups excluding tert-OH is 1. The van der Waals surface area contributed by atoms with E-state index in [0.717, 1.165) is 19.5 Å². The van der Waals surface area contributed by atoms with Crippen molar-refractivity contribution in [1.29, 1.82) is 0 Å². The lowest BCUT2D eigenvalue weighted by Gasteiger charge is -2.38. The van der Waals surface area contributed by atoms with Crippen molar-refractivity contribution in [1.82, 2.24) is 4.90 Å². The van der Waals surface area contributed by atoms with E-state index < -0.39 is 0 Å². The molecule has 0 radical (unpaired) electrons. The van der Waals surface area contributed by atoms with Crippen LogP contribution in [0.25, 0.3) is 0 Å². The van der Waals surface area contributed by atoms with Crippen molar-refractivity contribution in [2.45, 2.75) is 39.3 Å². The maximum absolute atomic E-state index is 10.3. The molecule has 0 aliphatic heterocycles. The molecule has 2 nitrogen and oxygen atoms in total. The third-order valence-corrected chi connectivity index (χ3v) is 5.03. The van der Waals surface area contributed by atoms with Gasteiger partial charge in [0.25, 0.3) is 0 Å². The number of rotatable bonds is 4. The lowest BCUT2D eigenvalue weighted by atomic mass is 9.73. The molecule has 102 valence electrons. The van der Waals surface area contributed by atoms with E-state index >= 15 is 0 Å². The molecule has 2 rings (SSSR count). The fourth-order valence-corrected chi connectivity index (χ4v) is 4.05. The van der Waals surface area contributed by atoms with Crippen LogP contribution in [0.4, 0.5) is 0 Å². The highest BCUT2D eigenvalue weighted by molar-refractivity contribution is 7.09. The zero-order valence-electron chi connectivity index (χ0n) is 11.7. The van der Waals surface area contributed by atoms with Crippen molar-refractivity contribution < 1.29 is 5.11 Å². The van der Waals surface area contributed by atoms with Gasteiger partial charge in [-0.3, -0.25) is 0 Å². The summed E-state index contributed by atoms with van der Waals surface area (Å²) in [4.78, 5) is 3.76. The summed E-state index contributed by atoms with van der Waals surface area (Å²) >= 11 is 1.81. The monoisotopic (exact) mass is 267 g/mol. The first-order valence-corrected chi connectivity index (χ1v) is 7.83. The fourth-order valence-electron chi connectivity index (χ4n) is 3.27. The molecular weight excluding hydrogens is 242 g/mol. The smallest absolute Gasteiger partial charge is 0.0585 e. The maximum Gasteiger partial charge on any atom is 0.0585 e. The highest BCUT2D eigenvalue weighted by atomic mass is 32.1. The lowest BCUT2D eigenvalue weighted by Crippen LogP contribution is -2.41. The van der Waals surface area contributed by atoms with Crippen LogP contribution >= 0.6 is 11.3 Å². The average molecular weight is 267 g/mol. The molecular formula is C15H25NOS. The Kier molecular flexibility index (Phi) is 4.82. The van der Waals surface area contributed by atoms with Crippen LogP contribution in [0.5, 0.6) is 0 Å². The highest BCUT2D eigenvalue weighted by Gasteiger charge is 2.33. The van der Waals surface area contributed by atoms with E-state index in [1.807, 2.05) is 11.3 Å². The summed E-state index contributed by atoms with van der Waals surface area (Å²) in [6.07, 6.45) is 2.12. The Hall–Kier alpha value is -0.380. The molecule has 3 heteroatoms. The normalized spacial score (nSPS) is 32.9. The molecule has 1 aromatic heterocycles. The van der Waals surface area contributed by atoms with Crippen LogP contribution in [0.3, 0.4) is 0 Å². The predicted molar refractivity (Wildman–Crippen MR) is 77.7 cm³/mol. The zero-order valence-corrected chi connectivity index (χ0v) is 12.5. The maximum atomic E-state index is 10.3. The van der Waals surface area contributed by atoms with E-state index in [9.17, 15) is 5.11 Å². The van der Waals surface area contributed by atoms with E-state index in [4.69, 9.17) is 0 Å². The van der Waals surface area contributed by atoms with Gasteiger partial charge in [-0.2, -0.15) is 0 Å². The van der Waals surface area contributed by atoms with Crippen LogP contribution in [0, 0.1) is 17.8 Å². The van der Waals surface area contributed by atoms with Crippen molar-refractivity contribution >= 4 is 11.3 Å². The summed E-state index contributed by atoms with van der Waals surface area (Å²) < 4.78 is 0. The van der Waals surface area contributed by atoms with E-state index in [1.54, 1.807) is 0 Å². The molecule has 1 saturated carbocycles. The Morgan fingerprint density at radius 1 is 1.39 bits per heavy atom. The van der Waals surface area contributed by atoms with Crippen LogP contribution in [-0.4, -0.2) is 29.7 Å². The second-order valence-electron chi connectivity index (χ2n) is 6.06. The zero-order chi connectivity index (χ0) is 13.1. The molecule has 4 atom stereocenters. The summed E-state index contributed by atoms with van der Waals surface area (Å²) in [5.74, 6) is 1.74. The molecule has 1 heterocycles. The van der Waals surface area contributed by atoms with Crippen LogP contribution in [-0.2, 0) is 6.54 Å². The van der Waals surface area contributed by atoms with Crippen LogP contribution in [0.1, 0.15) is 31.6 Å². The first-order valence-electron chi connectivity index (χ1n) is 6.95. The molecule has 4 unspecified atom stereocenters. The number of aliphatic hydroxyl groups is 1. The van der Waals surface area contributed by atoms with E-state index in [0.29, 0.717) is 17.8 Å². The largest absolute Gasteiger partial charge is 0.393 e. The SMILES string of the molecule is CC1CC(C)C(CN(C)Cc2cccs2)C(O)C1. The first kappa shape index (κ1) is 14.0. The van der Waals surface area contributed by atoms with Crippen LogP contribution in [0.2, 0.25) is 0 Å². The molecule has 1 fully saturated rings. The van der Waals surface area contributed by atoms with E-state index in [-0.39, 0.29) is 6.10 Å². The van der Waals surface area contributed by atoms with Gasteiger partial charge >= 0.3 is 0 Å². The molecule has 0 spiro atoms. The topological polar surface area (TPSA) is 23.5 Å². The quantitative estimate of drug-likeness (QED) is 0.905. The van der Waals surface area contributed by atoms with Gasteiger partial charge < -0.3 is 10.0 Å². The molecule has 1 aliphatic carbocycles. The van der Waals surface area contributed by atoms with E-state index in [1.165, 1.54) is 11.3 Å². The molecule has 1 aromatic rings. The summed E-state index contributed by atoms with van der Waals surface area (Å²) in [6, 6.07) is 4.29. The average Bonchev–Trinajstić information content (AvgIpc) is 2.76. The van der Waals surface area contributed by atoms with Gasteiger partial charge in [0.05, 0.1) is 6.10 Å². The Morgan fingerprint density at radius 3 is 2.78 bits per heavy atom. The van der Waals surface area contributed by atoms with Gasteiger partial charge in [0.15, 0.2) is 0 Å². The van der Waals surface area contributed by atoms with Crippen molar-refractivity contribution in [3.05, 3.63) is 22.4 Å². The first-order chi connectivity index (χ1) is 8.56. The number of hydrogen-bond donors (Lipinski definition) is 1. The minimum Gasteiger partial charge on any atom is -0.393 e.